The monoisotopic (exact) mass is 192 g/mol. The van der Waals surface area contributed by atoms with Gasteiger partial charge in [-0.25, -0.2) is 4.39 Å². The summed E-state index contributed by atoms with van der Waals surface area (Å²) in [5, 5.41) is 11.6. The molecule has 1 aromatic carbocycles. The molecule has 0 amide bonds. The van der Waals surface area contributed by atoms with Crippen LogP contribution < -0.4 is 5.32 Å². The van der Waals surface area contributed by atoms with E-state index in [1.165, 1.54) is 12.1 Å². The molecule has 0 radical (unpaired) electrons. The zero-order valence-corrected chi connectivity index (χ0v) is 8.34. The maximum absolute atomic E-state index is 13.0. The van der Waals surface area contributed by atoms with Crippen LogP contribution in [0.1, 0.15) is 24.1 Å². The Labute approximate surface area is 83.4 Å². The summed E-state index contributed by atoms with van der Waals surface area (Å²) in [5.74, 6) is -0.260. The van der Waals surface area contributed by atoms with Crippen molar-refractivity contribution in [1.82, 2.24) is 5.32 Å². The van der Waals surface area contributed by atoms with E-state index >= 15 is 0 Å². The smallest absolute Gasteiger partial charge is 0.123 e. The van der Waals surface area contributed by atoms with Gasteiger partial charge in [0, 0.05) is 6.04 Å². The van der Waals surface area contributed by atoms with Crippen LogP contribution in [0.4, 0.5) is 4.39 Å². The fourth-order valence-corrected chi connectivity index (χ4v) is 1.37. The van der Waals surface area contributed by atoms with Crippen molar-refractivity contribution in [1.29, 1.82) is 5.26 Å². The van der Waals surface area contributed by atoms with Gasteiger partial charge in [0.1, 0.15) is 5.82 Å². The molecule has 1 aromatic rings. The summed E-state index contributed by atoms with van der Waals surface area (Å²) in [6.45, 7) is 1.94. The van der Waals surface area contributed by atoms with E-state index in [0.717, 1.165) is 11.1 Å². The minimum atomic E-state index is -0.260. The van der Waals surface area contributed by atoms with E-state index in [-0.39, 0.29) is 11.9 Å². The van der Waals surface area contributed by atoms with Crippen LogP contribution in [-0.4, -0.2) is 7.05 Å². The number of nitriles is 1. The van der Waals surface area contributed by atoms with Gasteiger partial charge in [-0.1, -0.05) is 6.07 Å². The lowest BCUT2D eigenvalue weighted by Gasteiger charge is -2.14. The van der Waals surface area contributed by atoms with Gasteiger partial charge in [0.25, 0.3) is 0 Å². The fourth-order valence-electron chi connectivity index (χ4n) is 1.37. The molecule has 0 bridgehead atoms. The Morgan fingerprint density at radius 2 is 2.29 bits per heavy atom. The third kappa shape index (κ3) is 2.30. The Balaban J connectivity index is 3.10. The first-order chi connectivity index (χ1) is 6.69. The second kappa shape index (κ2) is 4.73. The van der Waals surface area contributed by atoms with E-state index in [0.29, 0.717) is 6.42 Å². The van der Waals surface area contributed by atoms with Crippen LogP contribution in [0, 0.1) is 17.1 Å². The number of hydrogen-bond donors (Lipinski definition) is 1. The average Bonchev–Trinajstić information content (AvgIpc) is 2.20. The molecule has 74 valence electrons. The number of nitrogens with zero attached hydrogens (tertiary/aromatic N) is 1. The van der Waals surface area contributed by atoms with E-state index in [1.807, 2.05) is 14.0 Å². The van der Waals surface area contributed by atoms with Crippen molar-refractivity contribution in [2.24, 2.45) is 0 Å². The van der Waals surface area contributed by atoms with Crippen LogP contribution in [0.2, 0.25) is 0 Å². The minimum Gasteiger partial charge on any atom is -0.313 e. The maximum Gasteiger partial charge on any atom is 0.123 e. The summed E-state index contributed by atoms with van der Waals surface area (Å²) in [4.78, 5) is 0. The highest BCUT2D eigenvalue weighted by Gasteiger charge is 2.09. The summed E-state index contributed by atoms with van der Waals surface area (Å²) in [6, 6.07) is 6.67. The SMILES string of the molecule is CNC(C)c1cc(F)ccc1CC#N. The van der Waals surface area contributed by atoms with Crippen molar-refractivity contribution >= 4 is 0 Å². The van der Waals surface area contributed by atoms with E-state index < -0.39 is 0 Å². The highest BCUT2D eigenvalue weighted by atomic mass is 19.1. The predicted octanol–water partition coefficient (Wildman–Crippen LogP) is 2.17. The van der Waals surface area contributed by atoms with Gasteiger partial charge < -0.3 is 5.32 Å². The van der Waals surface area contributed by atoms with Gasteiger partial charge in [0.15, 0.2) is 0 Å². The van der Waals surface area contributed by atoms with E-state index in [2.05, 4.69) is 11.4 Å². The highest BCUT2D eigenvalue weighted by Crippen LogP contribution is 2.19. The molecule has 0 saturated heterocycles. The molecule has 2 nitrogen and oxygen atoms in total. The molecule has 0 heterocycles. The Morgan fingerprint density at radius 1 is 1.57 bits per heavy atom. The lowest BCUT2D eigenvalue weighted by atomic mass is 9.99. The van der Waals surface area contributed by atoms with Crippen LogP contribution in [0.25, 0.3) is 0 Å². The molecule has 1 atom stereocenters. The minimum absolute atomic E-state index is 0.0639. The molecular formula is C11H13FN2. The van der Waals surface area contributed by atoms with Crippen molar-refractivity contribution < 1.29 is 4.39 Å². The number of benzene rings is 1. The molecule has 0 aliphatic carbocycles. The van der Waals surface area contributed by atoms with Gasteiger partial charge in [-0.15, -0.1) is 0 Å². The number of nitrogens with one attached hydrogen (secondary N) is 1. The Kier molecular flexibility index (Phi) is 3.61. The molecule has 0 fully saturated rings. The van der Waals surface area contributed by atoms with Crippen molar-refractivity contribution in [3.8, 4) is 6.07 Å². The van der Waals surface area contributed by atoms with Gasteiger partial charge in [0.05, 0.1) is 12.5 Å². The molecule has 1 unspecified atom stereocenters. The predicted molar refractivity (Wildman–Crippen MR) is 53.2 cm³/mol. The molecular weight excluding hydrogens is 179 g/mol. The molecule has 1 rings (SSSR count). The topological polar surface area (TPSA) is 35.8 Å². The van der Waals surface area contributed by atoms with E-state index in [4.69, 9.17) is 5.26 Å². The van der Waals surface area contributed by atoms with Crippen LogP contribution >= 0.6 is 0 Å². The second-order valence-electron chi connectivity index (χ2n) is 3.19. The van der Waals surface area contributed by atoms with Gasteiger partial charge in [0.2, 0.25) is 0 Å². The summed E-state index contributed by atoms with van der Waals surface area (Å²) in [7, 11) is 1.81. The van der Waals surface area contributed by atoms with Crippen LogP contribution in [0.15, 0.2) is 18.2 Å². The largest absolute Gasteiger partial charge is 0.313 e. The Morgan fingerprint density at radius 3 is 2.86 bits per heavy atom. The van der Waals surface area contributed by atoms with E-state index in [1.54, 1.807) is 6.07 Å². The zero-order chi connectivity index (χ0) is 10.6. The second-order valence-corrected chi connectivity index (χ2v) is 3.19. The van der Waals surface area contributed by atoms with E-state index in [9.17, 15) is 4.39 Å². The molecule has 0 spiro atoms. The Hall–Kier alpha value is -1.40. The van der Waals surface area contributed by atoms with Crippen LogP contribution in [0.5, 0.6) is 0 Å². The summed E-state index contributed by atoms with van der Waals surface area (Å²) in [5.41, 5.74) is 1.74. The lowest BCUT2D eigenvalue weighted by Crippen LogP contribution is -2.14. The average molecular weight is 192 g/mol. The van der Waals surface area contributed by atoms with Gasteiger partial charge in [-0.2, -0.15) is 5.26 Å². The molecule has 0 aliphatic rings. The highest BCUT2D eigenvalue weighted by molar-refractivity contribution is 5.32. The normalized spacial score (nSPS) is 12.1. The van der Waals surface area contributed by atoms with Crippen LogP contribution in [0.3, 0.4) is 0 Å². The Bertz CT molecular complexity index is 355. The van der Waals surface area contributed by atoms with Crippen molar-refractivity contribution in [2.45, 2.75) is 19.4 Å². The van der Waals surface area contributed by atoms with Crippen molar-refractivity contribution in [3.05, 3.63) is 35.1 Å². The quantitative estimate of drug-likeness (QED) is 0.796. The van der Waals surface area contributed by atoms with Gasteiger partial charge in [-0.3, -0.25) is 0 Å². The molecule has 3 heteroatoms. The molecule has 0 aliphatic heterocycles. The first-order valence-electron chi connectivity index (χ1n) is 4.51. The summed E-state index contributed by atoms with van der Waals surface area (Å²) in [6.07, 6.45) is 0.321. The molecule has 1 N–H and O–H groups in total. The third-order valence-corrected chi connectivity index (χ3v) is 2.28. The molecule has 0 aromatic heterocycles. The maximum atomic E-state index is 13.0. The zero-order valence-electron chi connectivity index (χ0n) is 8.34. The third-order valence-electron chi connectivity index (χ3n) is 2.28. The van der Waals surface area contributed by atoms with Crippen LogP contribution in [-0.2, 0) is 6.42 Å². The fraction of sp³-hybridized carbons (Fsp3) is 0.364. The summed E-state index contributed by atoms with van der Waals surface area (Å²) >= 11 is 0. The first-order valence-corrected chi connectivity index (χ1v) is 4.51. The van der Waals surface area contributed by atoms with Crippen molar-refractivity contribution in [2.75, 3.05) is 7.05 Å². The molecule has 0 saturated carbocycles. The standard InChI is InChI=1S/C11H13FN2/c1-8(14-2)11-7-10(12)4-3-9(11)5-6-13/h3-4,7-8,14H,5H2,1-2H3. The number of hydrogen-bond acceptors (Lipinski definition) is 2. The van der Waals surface area contributed by atoms with Crippen molar-refractivity contribution in [3.63, 3.8) is 0 Å². The summed E-state index contributed by atoms with van der Waals surface area (Å²) < 4.78 is 13.0. The van der Waals surface area contributed by atoms with Gasteiger partial charge in [-0.05, 0) is 37.2 Å². The lowest BCUT2D eigenvalue weighted by molar-refractivity contribution is 0.605. The molecule has 14 heavy (non-hydrogen) atoms. The van der Waals surface area contributed by atoms with Gasteiger partial charge >= 0.3 is 0 Å². The number of halogens is 1. The first kappa shape index (κ1) is 10.7. The number of rotatable bonds is 3.